The fourth-order valence-electron chi connectivity index (χ4n) is 1.68. The van der Waals surface area contributed by atoms with Gasteiger partial charge in [-0.25, -0.2) is 0 Å². The summed E-state index contributed by atoms with van der Waals surface area (Å²) in [5.41, 5.74) is 1.81. The number of anilines is 1. The van der Waals surface area contributed by atoms with Crippen LogP contribution in [0.3, 0.4) is 0 Å². The maximum atomic E-state index is 12.1. The third kappa shape index (κ3) is 2.61. The predicted molar refractivity (Wildman–Crippen MR) is 74.2 cm³/mol. The zero-order chi connectivity index (χ0) is 13.8. The van der Waals surface area contributed by atoms with Crippen LogP contribution in [-0.4, -0.2) is 22.4 Å². The maximum Gasteiger partial charge on any atom is 0.257 e. The van der Waals surface area contributed by atoms with Gasteiger partial charge in [0.2, 0.25) is 0 Å². The molecule has 0 saturated carbocycles. The SMILES string of the molecule is CSc1n[nH]c(NC(=O)c2ccccc2C)c1C#N. The summed E-state index contributed by atoms with van der Waals surface area (Å²) < 4.78 is 0. The van der Waals surface area contributed by atoms with Gasteiger partial charge in [-0.1, -0.05) is 18.2 Å². The third-order valence-electron chi connectivity index (χ3n) is 2.67. The summed E-state index contributed by atoms with van der Waals surface area (Å²) in [5.74, 6) is 0.0750. The van der Waals surface area contributed by atoms with E-state index in [2.05, 4.69) is 15.5 Å². The van der Waals surface area contributed by atoms with Crippen molar-refractivity contribution in [3.63, 3.8) is 0 Å². The van der Waals surface area contributed by atoms with Gasteiger partial charge >= 0.3 is 0 Å². The minimum absolute atomic E-state index is 0.258. The second-order valence-corrected chi connectivity index (χ2v) is 4.66. The number of carbonyl (C=O) groups is 1. The standard InChI is InChI=1S/C13H12N4OS/c1-8-5-3-4-6-9(8)12(18)15-11-10(7-14)13(19-2)17-16-11/h3-6H,1-2H3,(H2,15,16,17,18). The van der Waals surface area contributed by atoms with Gasteiger partial charge in [0.25, 0.3) is 5.91 Å². The Kier molecular flexibility index (Phi) is 3.88. The molecule has 0 aliphatic heterocycles. The lowest BCUT2D eigenvalue weighted by Crippen LogP contribution is -2.14. The van der Waals surface area contributed by atoms with E-state index in [1.807, 2.05) is 31.4 Å². The average molecular weight is 272 g/mol. The highest BCUT2D eigenvalue weighted by molar-refractivity contribution is 7.98. The van der Waals surface area contributed by atoms with E-state index in [1.54, 1.807) is 12.1 Å². The van der Waals surface area contributed by atoms with Gasteiger partial charge in [-0.15, -0.1) is 11.8 Å². The van der Waals surface area contributed by atoms with E-state index in [-0.39, 0.29) is 5.91 Å². The summed E-state index contributed by atoms with van der Waals surface area (Å²) in [6.07, 6.45) is 1.82. The first-order valence-electron chi connectivity index (χ1n) is 5.56. The molecule has 0 atom stereocenters. The molecule has 2 aromatic rings. The van der Waals surface area contributed by atoms with Gasteiger partial charge in [-0.05, 0) is 24.8 Å². The van der Waals surface area contributed by atoms with E-state index >= 15 is 0 Å². The summed E-state index contributed by atoms with van der Waals surface area (Å²) in [7, 11) is 0. The highest BCUT2D eigenvalue weighted by Crippen LogP contribution is 2.23. The van der Waals surface area contributed by atoms with Gasteiger partial charge < -0.3 is 5.32 Å². The number of H-pyrrole nitrogens is 1. The topological polar surface area (TPSA) is 81.6 Å². The van der Waals surface area contributed by atoms with E-state index in [9.17, 15) is 4.79 Å². The Balaban J connectivity index is 2.28. The number of rotatable bonds is 3. The molecular weight excluding hydrogens is 260 g/mol. The van der Waals surface area contributed by atoms with E-state index in [1.165, 1.54) is 11.8 Å². The fourth-order valence-corrected chi connectivity index (χ4v) is 2.16. The maximum absolute atomic E-state index is 12.1. The molecule has 5 nitrogen and oxygen atoms in total. The van der Waals surface area contributed by atoms with Crippen molar-refractivity contribution in [3.8, 4) is 6.07 Å². The molecule has 1 aromatic heterocycles. The largest absolute Gasteiger partial charge is 0.306 e. The number of aromatic nitrogens is 2. The number of carbonyl (C=O) groups excluding carboxylic acids is 1. The molecule has 6 heteroatoms. The fraction of sp³-hybridized carbons (Fsp3) is 0.154. The lowest BCUT2D eigenvalue weighted by Gasteiger charge is -2.05. The molecule has 0 saturated heterocycles. The van der Waals surface area contributed by atoms with Gasteiger partial charge in [0.1, 0.15) is 22.5 Å². The number of amides is 1. The zero-order valence-electron chi connectivity index (χ0n) is 10.5. The molecule has 1 aromatic carbocycles. The van der Waals surface area contributed by atoms with Crippen molar-refractivity contribution in [2.45, 2.75) is 11.9 Å². The van der Waals surface area contributed by atoms with E-state index in [4.69, 9.17) is 5.26 Å². The highest BCUT2D eigenvalue weighted by Gasteiger charge is 2.16. The molecule has 2 rings (SSSR count). The van der Waals surface area contributed by atoms with Gasteiger partial charge in [-0.2, -0.15) is 10.4 Å². The first kappa shape index (κ1) is 13.2. The Bertz CT molecular complexity index is 657. The number of aryl methyl sites for hydroxylation is 1. The second-order valence-electron chi connectivity index (χ2n) is 3.86. The predicted octanol–water partition coefficient (Wildman–Crippen LogP) is 2.56. The van der Waals surface area contributed by atoms with Crippen LogP contribution in [0, 0.1) is 18.3 Å². The molecule has 96 valence electrons. The number of aromatic amines is 1. The van der Waals surface area contributed by atoms with Crippen LogP contribution >= 0.6 is 11.8 Å². The van der Waals surface area contributed by atoms with Crippen molar-refractivity contribution in [2.24, 2.45) is 0 Å². The summed E-state index contributed by atoms with van der Waals surface area (Å²) in [4.78, 5) is 12.1. The first-order valence-corrected chi connectivity index (χ1v) is 6.79. The number of nitrogens with one attached hydrogen (secondary N) is 2. The molecule has 0 aliphatic rings. The normalized spacial score (nSPS) is 9.95. The van der Waals surface area contributed by atoms with E-state index in [0.717, 1.165) is 5.56 Å². The first-order chi connectivity index (χ1) is 9.17. The number of benzene rings is 1. The van der Waals surface area contributed by atoms with Crippen molar-refractivity contribution in [2.75, 3.05) is 11.6 Å². The van der Waals surface area contributed by atoms with Crippen molar-refractivity contribution in [1.82, 2.24) is 10.2 Å². The Labute approximate surface area is 115 Å². The molecule has 1 amide bonds. The van der Waals surface area contributed by atoms with Crippen LogP contribution in [0.25, 0.3) is 0 Å². The van der Waals surface area contributed by atoms with Crippen molar-refractivity contribution >= 4 is 23.5 Å². The molecular formula is C13H12N4OS. The van der Waals surface area contributed by atoms with Crippen molar-refractivity contribution in [3.05, 3.63) is 41.0 Å². The lowest BCUT2D eigenvalue weighted by molar-refractivity contribution is 0.102. The van der Waals surface area contributed by atoms with Gasteiger partial charge in [-0.3, -0.25) is 9.89 Å². The van der Waals surface area contributed by atoms with Crippen LogP contribution in [0.2, 0.25) is 0 Å². The Hall–Kier alpha value is -2.26. The monoisotopic (exact) mass is 272 g/mol. The second kappa shape index (κ2) is 5.59. The zero-order valence-corrected chi connectivity index (χ0v) is 11.3. The summed E-state index contributed by atoms with van der Waals surface area (Å²) in [6, 6.07) is 9.31. The third-order valence-corrected chi connectivity index (χ3v) is 3.35. The Morgan fingerprint density at radius 1 is 1.47 bits per heavy atom. The summed E-state index contributed by atoms with van der Waals surface area (Å²) in [5, 5.41) is 19.0. The smallest absolute Gasteiger partial charge is 0.257 e. The average Bonchev–Trinajstić information content (AvgIpc) is 2.81. The minimum atomic E-state index is -0.258. The quantitative estimate of drug-likeness (QED) is 0.841. The number of nitrogens with zero attached hydrogens (tertiary/aromatic N) is 2. The lowest BCUT2D eigenvalue weighted by atomic mass is 10.1. The Morgan fingerprint density at radius 2 is 2.21 bits per heavy atom. The number of nitriles is 1. The van der Waals surface area contributed by atoms with E-state index in [0.29, 0.717) is 22.0 Å². The molecule has 0 fully saturated rings. The minimum Gasteiger partial charge on any atom is -0.306 e. The number of hydrogen-bond donors (Lipinski definition) is 2. The van der Waals surface area contributed by atoms with Crippen LogP contribution in [0.1, 0.15) is 21.5 Å². The van der Waals surface area contributed by atoms with Gasteiger partial charge in [0, 0.05) is 5.56 Å². The van der Waals surface area contributed by atoms with Crippen molar-refractivity contribution < 1.29 is 4.79 Å². The molecule has 2 N–H and O–H groups in total. The van der Waals surface area contributed by atoms with Crippen LogP contribution < -0.4 is 5.32 Å². The number of hydrogen-bond acceptors (Lipinski definition) is 4. The number of thioether (sulfide) groups is 1. The van der Waals surface area contributed by atoms with E-state index < -0.39 is 0 Å². The molecule has 0 aliphatic carbocycles. The van der Waals surface area contributed by atoms with Crippen LogP contribution in [-0.2, 0) is 0 Å². The van der Waals surface area contributed by atoms with Crippen LogP contribution in [0.15, 0.2) is 29.3 Å². The molecule has 0 radical (unpaired) electrons. The molecule has 0 bridgehead atoms. The molecule has 0 spiro atoms. The highest BCUT2D eigenvalue weighted by atomic mass is 32.2. The van der Waals surface area contributed by atoms with Crippen molar-refractivity contribution in [1.29, 1.82) is 5.26 Å². The summed E-state index contributed by atoms with van der Waals surface area (Å²) in [6.45, 7) is 1.86. The van der Waals surface area contributed by atoms with Crippen LogP contribution in [0.4, 0.5) is 5.82 Å². The van der Waals surface area contributed by atoms with Gasteiger partial charge in [0.15, 0.2) is 0 Å². The molecule has 19 heavy (non-hydrogen) atoms. The molecule has 0 unspecified atom stereocenters. The summed E-state index contributed by atoms with van der Waals surface area (Å²) >= 11 is 1.35. The Morgan fingerprint density at radius 3 is 2.84 bits per heavy atom. The molecule has 1 heterocycles. The van der Waals surface area contributed by atoms with Crippen LogP contribution in [0.5, 0.6) is 0 Å². The van der Waals surface area contributed by atoms with Gasteiger partial charge in [0.05, 0.1) is 0 Å².